The van der Waals surface area contributed by atoms with E-state index in [2.05, 4.69) is 6.58 Å². The Morgan fingerprint density at radius 1 is 1.00 bits per heavy atom. The lowest BCUT2D eigenvalue weighted by Crippen LogP contribution is -2.45. The van der Waals surface area contributed by atoms with Crippen molar-refractivity contribution in [1.29, 1.82) is 0 Å². The molecule has 0 saturated heterocycles. The van der Waals surface area contributed by atoms with Crippen molar-refractivity contribution in [2.45, 2.75) is 93.0 Å². The topological polar surface area (TPSA) is 52.6 Å². The molecule has 0 fully saturated rings. The highest BCUT2D eigenvalue weighted by molar-refractivity contribution is 5.86. The smallest absolute Gasteiger partial charge is 0.166 e. The Bertz CT molecular complexity index is 491. The van der Waals surface area contributed by atoms with Gasteiger partial charge in [0.2, 0.25) is 0 Å². The fourth-order valence-corrected chi connectivity index (χ4v) is 2.79. The largest absolute Gasteiger partial charge is 0.374 e. The molecule has 0 aromatic heterocycles. The maximum Gasteiger partial charge on any atom is 0.166 e. The van der Waals surface area contributed by atoms with E-state index in [1.54, 1.807) is 13.0 Å². The third kappa shape index (κ3) is 8.13. The van der Waals surface area contributed by atoms with Crippen LogP contribution in [0.2, 0.25) is 0 Å². The van der Waals surface area contributed by atoms with Crippen molar-refractivity contribution >= 4 is 11.6 Å². The van der Waals surface area contributed by atoms with E-state index in [-0.39, 0.29) is 35.6 Å². The van der Waals surface area contributed by atoms with Gasteiger partial charge in [0.25, 0.3) is 0 Å². The van der Waals surface area contributed by atoms with Gasteiger partial charge in [-0.25, -0.2) is 0 Å². The highest BCUT2D eigenvalue weighted by Crippen LogP contribution is 2.28. The van der Waals surface area contributed by atoms with Gasteiger partial charge in [-0.15, -0.1) is 6.58 Å². The number of ether oxygens (including phenoxy) is 2. The molecule has 0 aliphatic heterocycles. The zero-order valence-corrected chi connectivity index (χ0v) is 18.6. The second-order valence-electron chi connectivity index (χ2n) is 9.75. The van der Waals surface area contributed by atoms with Gasteiger partial charge in [-0.3, -0.25) is 9.59 Å². The summed E-state index contributed by atoms with van der Waals surface area (Å²) < 4.78 is 11.9. The van der Waals surface area contributed by atoms with Gasteiger partial charge in [0, 0.05) is 17.3 Å². The Kier molecular flexibility index (Phi) is 8.92. The molecule has 0 aromatic rings. The maximum atomic E-state index is 12.7. The predicted molar refractivity (Wildman–Crippen MR) is 107 cm³/mol. The summed E-state index contributed by atoms with van der Waals surface area (Å²) in [4.78, 5) is 25.4. The minimum atomic E-state index is -0.690. The summed E-state index contributed by atoms with van der Waals surface area (Å²) in [6.45, 7) is 23.0. The van der Waals surface area contributed by atoms with Crippen LogP contribution in [0.15, 0.2) is 12.7 Å². The Hall–Kier alpha value is -1.00. The Morgan fingerprint density at radius 2 is 1.50 bits per heavy atom. The minimum Gasteiger partial charge on any atom is -0.374 e. The third-order valence-corrected chi connectivity index (χ3v) is 4.62. The molecule has 0 aliphatic rings. The quantitative estimate of drug-likeness (QED) is 0.509. The van der Waals surface area contributed by atoms with E-state index < -0.39 is 17.1 Å². The predicted octanol–water partition coefficient (Wildman–Crippen LogP) is 5.00. The average Bonchev–Trinajstić information content (AvgIpc) is 2.46. The number of carbonyl (C=O) groups excluding carboxylic acids is 2. The van der Waals surface area contributed by atoms with Crippen molar-refractivity contribution in [3.8, 4) is 0 Å². The van der Waals surface area contributed by atoms with Crippen LogP contribution in [0.25, 0.3) is 0 Å². The van der Waals surface area contributed by atoms with E-state index in [9.17, 15) is 9.59 Å². The Labute approximate surface area is 160 Å². The molecule has 3 unspecified atom stereocenters. The van der Waals surface area contributed by atoms with E-state index in [4.69, 9.17) is 9.47 Å². The molecule has 26 heavy (non-hydrogen) atoms. The summed E-state index contributed by atoms with van der Waals surface area (Å²) in [6, 6.07) is 0. The molecule has 0 spiro atoms. The first kappa shape index (κ1) is 25.0. The van der Waals surface area contributed by atoms with Crippen LogP contribution in [0.5, 0.6) is 0 Å². The first-order chi connectivity index (χ1) is 11.5. The number of hydrogen-bond donors (Lipinski definition) is 0. The van der Waals surface area contributed by atoms with Crippen LogP contribution in [0, 0.1) is 17.3 Å². The van der Waals surface area contributed by atoms with E-state index >= 15 is 0 Å². The molecule has 4 heteroatoms. The SMILES string of the molecule is C=CCC(COC(C)(C)C(C)C(=O)C(C)OC(C)(C)C)C(=O)C(C)(C)C. The summed E-state index contributed by atoms with van der Waals surface area (Å²) in [5.41, 5.74) is -1.50. The highest BCUT2D eigenvalue weighted by Gasteiger charge is 2.38. The molecule has 0 aromatic carbocycles. The van der Waals surface area contributed by atoms with Crippen LogP contribution in [0.4, 0.5) is 0 Å². The molecule has 0 rings (SSSR count). The average molecular weight is 369 g/mol. The van der Waals surface area contributed by atoms with Crippen LogP contribution >= 0.6 is 0 Å². The fourth-order valence-electron chi connectivity index (χ4n) is 2.79. The zero-order valence-electron chi connectivity index (χ0n) is 18.6. The van der Waals surface area contributed by atoms with Crippen molar-refractivity contribution in [1.82, 2.24) is 0 Å². The van der Waals surface area contributed by atoms with Gasteiger partial charge in [0.05, 0.1) is 17.8 Å². The lowest BCUT2D eigenvalue weighted by atomic mass is 9.81. The number of hydrogen-bond acceptors (Lipinski definition) is 4. The van der Waals surface area contributed by atoms with Crippen LogP contribution < -0.4 is 0 Å². The molecule has 0 N–H and O–H groups in total. The van der Waals surface area contributed by atoms with Gasteiger partial charge in [0.15, 0.2) is 5.78 Å². The summed E-state index contributed by atoms with van der Waals surface area (Å²) in [5.74, 6) is -0.449. The number of allylic oxidation sites excluding steroid dienone is 1. The molecule has 0 amide bonds. The van der Waals surface area contributed by atoms with Gasteiger partial charge in [-0.05, 0) is 48.0 Å². The molecule has 0 aliphatic carbocycles. The fraction of sp³-hybridized carbons (Fsp3) is 0.818. The first-order valence-electron chi connectivity index (χ1n) is 9.53. The molecule has 0 heterocycles. The highest BCUT2D eigenvalue weighted by atomic mass is 16.5. The molecule has 4 nitrogen and oxygen atoms in total. The summed E-state index contributed by atoms with van der Waals surface area (Å²) >= 11 is 0. The minimum absolute atomic E-state index is 0.00680. The van der Waals surface area contributed by atoms with Gasteiger partial charge >= 0.3 is 0 Å². The Morgan fingerprint density at radius 3 is 1.88 bits per heavy atom. The van der Waals surface area contributed by atoms with E-state index in [1.165, 1.54) is 0 Å². The van der Waals surface area contributed by atoms with Crippen molar-refractivity contribution < 1.29 is 19.1 Å². The van der Waals surface area contributed by atoms with E-state index in [0.717, 1.165) is 0 Å². The van der Waals surface area contributed by atoms with Crippen LogP contribution in [0.1, 0.15) is 75.7 Å². The Balaban J connectivity index is 5.06. The molecule has 0 radical (unpaired) electrons. The van der Waals surface area contributed by atoms with Gasteiger partial charge in [0.1, 0.15) is 11.9 Å². The zero-order chi connectivity index (χ0) is 20.9. The molecule has 3 atom stereocenters. The number of rotatable bonds is 10. The summed E-state index contributed by atoms with van der Waals surface area (Å²) in [5, 5.41) is 0. The normalized spacial score (nSPS) is 16.7. The lowest BCUT2D eigenvalue weighted by molar-refractivity contribution is -0.154. The monoisotopic (exact) mass is 368 g/mol. The third-order valence-electron chi connectivity index (χ3n) is 4.62. The van der Waals surface area contributed by atoms with Crippen molar-refractivity contribution in [2.24, 2.45) is 17.3 Å². The first-order valence-corrected chi connectivity index (χ1v) is 9.53. The number of ketones is 2. The molecular weight excluding hydrogens is 328 g/mol. The maximum absolute atomic E-state index is 12.7. The summed E-state index contributed by atoms with van der Waals surface area (Å²) in [7, 11) is 0. The second kappa shape index (κ2) is 9.27. The molecular formula is C22H40O4. The van der Waals surface area contributed by atoms with Crippen LogP contribution in [-0.2, 0) is 19.1 Å². The van der Waals surface area contributed by atoms with Crippen molar-refractivity contribution in [2.75, 3.05) is 6.61 Å². The second-order valence-corrected chi connectivity index (χ2v) is 9.75. The number of Topliss-reactive ketones (excluding diaryl/α,β-unsaturated/α-hetero) is 2. The van der Waals surface area contributed by atoms with Crippen molar-refractivity contribution in [3.63, 3.8) is 0 Å². The van der Waals surface area contributed by atoms with Crippen LogP contribution in [-0.4, -0.2) is 35.5 Å². The molecule has 0 bridgehead atoms. The molecule has 152 valence electrons. The van der Waals surface area contributed by atoms with E-state index in [0.29, 0.717) is 6.42 Å². The van der Waals surface area contributed by atoms with Crippen molar-refractivity contribution in [3.05, 3.63) is 12.7 Å². The lowest BCUT2D eigenvalue weighted by Gasteiger charge is -2.35. The van der Waals surface area contributed by atoms with Gasteiger partial charge in [-0.1, -0.05) is 33.8 Å². The standard InChI is InChI=1S/C22H40O4/c1-12-13-17(19(24)20(4,5)6)14-25-22(10,11)15(2)18(23)16(3)26-21(7,8)9/h12,15-17H,1,13-14H2,2-11H3. The van der Waals surface area contributed by atoms with Gasteiger partial charge < -0.3 is 9.47 Å². The number of carbonyl (C=O) groups is 2. The van der Waals surface area contributed by atoms with Gasteiger partial charge in [-0.2, -0.15) is 0 Å². The van der Waals surface area contributed by atoms with E-state index in [1.807, 2.05) is 62.3 Å². The molecule has 0 saturated carbocycles. The summed E-state index contributed by atoms with van der Waals surface area (Å²) in [6.07, 6.45) is 1.81. The van der Waals surface area contributed by atoms with Crippen LogP contribution in [0.3, 0.4) is 0 Å².